The van der Waals surface area contributed by atoms with E-state index in [-0.39, 0.29) is 17.1 Å². The van der Waals surface area contributed by atoms with Gasteiger partial charge in [0, 0.05) is 22.3 Å². The van der Waals surface area contributed by atoms with Crippen molar-refractivity contribution < 1.29 is 17.9 Å². The van der Waals surface area contributed by atoms with Crippen molar-refractivity contribution in [1.82, 2.24) is 9.97 Å². The van der Waals surface area contributed by atoms with Gasteiger partial charge in [0.05, 0.1) is 21.8 Å². The molecule has 2 heterocycles. The minimum Gasteiger partial charge on any atom is -0.456 e. The second-order valence-corrected chi connectivity index (χ2v) is 9.55. The van der Waals surface area contributed by atoms with Crippen LogP contribution in [0, 0.1) is 0 Å². The van der Waals surface area contributed by atoms with Gasteiger partial charge in [-0.15, -0.1) is 11.3 Å². The summed E-state index contributed by atoms with van der Waals surface area (Å²) in [4.78, 5) is 21.1. The second kappa shape index (κ2) is 9.47. The van der Waals surface area contributed by atoms with Crippen LogP contribution in [0.4, 0.5) is 5.69 Å². The van der Waals surface area contributed by atoms with Gasteiger partial charge in [-0.1, -0.05) is 23.7 Å². The van der Waals surface area contributed by atoms with Gasteiger partial charge in [-0.05, 0) is 54.6 Å². The molecule has 0 fully saturated rings. The quantitative estimate of drug-likeness (QED) is 0.369. The van der Waals surface area contributed by atoms with Crippen LogP contribution in [0.1, 0.15) is 16.1 Å². The Morgan fingerprint density at radius 2 is 1.88 bits per heavy atom. The highest BCUT2D eigenvalue weighted by atomic mass is 35.5. The SMILES string of the molecule is O=C(OCc1csc(-c2ccccn2)n1)c1cccc(S(=O)(=O)Nc2ccc(Cl)cc2)c1. The van der Waals surface area contributed by atoms with Crippen LogP contribution in [-0.2, 0) is 21.4 Å². The molecular weight excluding hydrogens is 470 g/mol. The molecule has 2 aromatic heterocycles. The van der Waals surface area contributed by atoms with Gasteiger partial charge in [-0.25, -0.2) is 18.2 Å². The number of rotatable bonds is 7. The van der Waals surface area contributed by atoms with Crippen molar-refractivity contribution in [3.8, 4) is 10.7 Å². The van der Waals surface area contributed by atoms with Gasteiger partial charge in [0.1, 0.15) is 11.6 Å². The molecule has 0 unspecified atom stereocenters. The molecule has 0 aliphatic heterocycles. The van der Waals surface area contributed by atoms with Gasteiger partial charge in [0.2, 0.25) is 0 Å². The Morgan fingerprint density at radius 1 is 1.06 bits per heavy atom. The Hall–Kier alpha value is -3.27. The van der Waals surface area contributed by atoms with Crippen LogP contribution < -0.4 is 4.72 Å². The lowest BCUT2D eigenvalue weighted by Gasteiger charge is -2.09. The number of hydrogen-bond acceptors (Lipinski definition) is 7. The molecule has 0 spiro atoms. The highest BCUT2D eigenvalue weighted by molar-refractivity contribution is 7.92. The summed E-state index contributed by atoms with van der Waals surface area (Å²) in [5.74, 6) is -0.652. The van der Waals surface area contributed by atoms with Crippen LogP contribution in [0.5, 0.6) is 0 Å². The van der Waals surface area contributed by atoms with Crippen molar-refractivity contribution in [1.29, 1.82) is 0 Å². The molecule has 162 valence electrons. The number of hydrogen-bond donors (Lipinski definition) is 1. The maximum atomic E-state index is 12.7. The average Bonchev–Trinajstić information content (AvgIpc) is 3.29. The fourth-order valence-electron chi connectivity index (χ4n) is 2.73. The first-order valence-electron chi connectivity index (χ1n) is 9.32. The van der Waals surface area contributed by atoms with Crippen LogP contribution in [-0.4, -0.2) is 24.4 Å². The zero-order valence-corrected chi connectivity index (χ0v) is 18.8. The summed E-state index contributed by atoms with van der Waals surface area (Å²) in [5, 5.41) is 3.00. The molecule has 1 N–H and O–H groups in total. The summed E-state index contributed by atoms with van der Waals surface area (Å²) in [6.45, 7) is -0.0395. The van der Waals surface area contributed by atoms with Crippen LogP contribution >= 0.6 is 22.9 Å². The van der Waals surface area contributed by atoms with E-state index in [0.717, 1.165) is 10.7 Å². The number of pyridine rings is 1. The number of esters is 1. The van der Waals surface area contributed by atoms with Crippen molar-refractivity contribution >= 4 is 44.6 Å². The number of thiazole rings is 1. The summed E-state index contributed by atoms with van der Waals surface area (Å²) >= 11 is 7.22. The molecule has 32 heavy (non-hydrogen) atoms. The Balaban J connectivity index is 1.43. The molecule has 7 nitrogen and oxygen atoms in total. The minimum atomic E-state index is -3.90. The Morgan fingerprint density at radius 3 is 2.62 bits per heavy atom. The maximum Gasteiger partial charge on any atom is 0.338 e. The number of aromatic nitrogens is 2. The van der Waals surface area contributed by atoms with Gasteiger partial charge in [0.15, 0.2) is 0 Å². The number of sulfonamides is 1. The van der Waals surface area contributed by atoms with Gasteiger partial charge in [-0.2, -0.15) is 0 Å². The summed E-state index contributed by atoms with van der Waals surface area (Å²) in [6.07, 6.45) is 1.68. The lowest BCUT2D eigenvalue weighted by Crippen LogP contribution is -2.14. The number of benzene rings is 2. The summed E-state index contributed by atoms with van der Waals surface area (Å²) in [6, 6.07) is 17.4. The third-order valence-corrected chi connectivity index (χ3v) is 6.81. The van der Waals surface area contributed by atoms with Crippen molar-refractivity contribution in [2.24, 2.45) is 0 Å². The lowest BCUT2D eigenvalue weighted by molar-refractivity contribution is 0.0468. The molecule has 4 rings (SSSR count). The fraction of sp³-hybridized carbons (Fsp3) is 0.0455. The van der Waals surface area contributed by atoms with Crippen LogP contribution in [0.3, 0.4) is 0 Å². The van der Waals surface area contributed by atoms with E-state index in [0.29, 0.717) is 16.4 Å². The zero-order valence-electron chi connectivity index (χ0n) is 16.4. The summed E-state index contributed by atoms with van der Waals surface area (Å²) in [7, 11) is -3.90. The molecule has 0 radical (unpaired) electrons. The lowest BCUT2D eigenvalue weighted by atomic mass is 10.2. The first kappa shape index (κ1) is 21.9. The van der Waals surface area contributed by atoms with E-state index < -0.39 is 16.0 Å². The van der Waals surface area contributed by atoms with Gasteiger partial charge < -0.3 is 4.74 Å². The number of nitrogens with zero attached hydrogens (tertiary/aromatic N) is 2. The van der Waals surface area contributed by atoms with E-state index >= 15 is 0 Å². The Kier molecular flexibility index (Phi) is 6.50. The van der Waals surface area contributed by atoms with Crippen molar-refractivity contribution in [2.45, 2.75) is 11.5 Å². The third-order valence-electron chi connectivity index (χ3n) is 4.26. The molecule has 0 bridgehead atoms. The predicted octanol–water partition coefficient (Wildman–Crippen LogP) is 5.02. The molecule has 4 aromatic rings. The summed E-state index contributed by atoms with van der Waals surface area (Å²) < 4.78 is 33.1. The first-order valence-corrected chi connectivity index (χ1v) is 12.1. The van der Waals surface area contributed by atoms with Crippen LogP contribution in [0.15, 0.2) is 83.2 Å². The van der Waals surface area contributed by atoms with E-state index in [1.54, 1.807) is 35.8 Å². The summed E-state index contributed by atoms with van der Waals surface area (Å²) in [5.41, 5.74) is 1.79. The molecule has 0 amide bonds. The molecule has 0 aliphatic carbocycles. The molecule has 0 saturated carbocycles. The van der Waals surface area contributed by atoms with Crippen molar-refractivity contribution in [3.63, 3.8) is 0 Å². The minimum absolute atomic E-state index is 0.0395. The largest absolute Gasteiger partial charge is 0.456 e. The molecule has 0 saturated heterocycles. The zero-order chi connectivity index (χ0) is 22.6. The van der Waals surface area contributed by atoms with Crippen molar-refractivity contribution in [2.75, 3.05) is 4.72 Å². The van der Waals surface area contributed by atoms with E-state index in [9.17, 15) is 13.2 Å². The Labute approximate surface area is 193 Å². The fourth-order valence-corrected chi connectivity index (χ4v) is 4.74. The number of anilines is 1. The second-order valence-electron chi connectivity index (χ2n) is 6.58. The monoisotopic (exact) mass is 485 g/mol. The van der Waals surface area contributed by atoms with Gasteiger partial charge in [-0.3, -0.25) is 9.71 Å². The van der Waals surface area contributed by atoms with E-state index in [4.69, 9.17) is 16.3 Å². The molecular formula is C22H16ClN3O4S2. The highest BCUT2D eigenvalue weighted by Gasteiger charge is 2.18. The number of halogens is 1. The van der Waals surface area contributed by atoms with E-state index in [1.807, 2.05) is 18.2 Å². The topological polar surface area (TPSA) is 98.2 Å². The number of carbonyl (C=O) groups excluding carboxylic acids is 1. The average molecular weight is 486 g/mol. The molecule has 0 aliphatic rings. The number of carbonyl (C=O) groups is 1. The molecule has 10 heteroatoms. The van der Waals surface area contributed by atoms with Crippen molar-refractivity contribution in [3.05, 3.63) is 94.6 Å². The van der Waals surface area contributed by atoms with Crippen LogP contribution in [0.25, 0.3) is 10.7 Å². The molecule has 0 atom stereocenters. The van der Waals surface area contributed by atoms with E-state index in [2.05, 4.69) is 14.7 Å². The maximum absolute atomic E-state index is 12.7. The van der Waals surface area contributed by atoms with Gasteiger partial charge >= 0.3 is 5.97 Å². The van der Waals surface area contributed by atoms with Gasteiger partial charge in [0.25, 0.3) is 10.0 Å². The number of nitrogens with one attached hydrogen (secondary N) is 1. The number of ether oxygens (including phenoxy) is 1. The normalized spacial score (nSPS) is 11.2. The predicted molar refractivity (Wildman–Crippen MR) is 123 cm³/mol. The van der Waals surface area contributed by atoms with Crippen LogP contribution in [0.2, 0.25) is 5.02 Å². The standard InChI is InChI=1S/C22H16ClN3O4S2/c23-16-7-9-17(10-8-16)26-32(28,29)19-5-3-4-15(12-19)22(27)30-13-18-14-31-21(25-18)20-6-1-2-11-24-20/h1-12,14,26H,13H2. The highest BCUT2D eigenvalue weighted by Crippen LogP contribution is 2.23. The Bertz CT molecular complexity index is 1340. The van der Waals surface area contributed by atoms with E-state index in [1.165, 1.54) is 35.6 Å². The smallest absolute Gasteiger partial charge is 0.338 e. The molecule has 2 aromatic carbocycles. The first-order chi connectivity index (χ1) is 15.4. The third kappa shape index (κ3) is 5.31.